The van der Waals surface area contributed by atoms with E-state index in [0.29, 0.717) is 12.8 Å². The Kier molecular flexibility index (Phi) is 12.8. The van der Waals surface area contributed by atoms with E-state index in [9.17, 15) is 18.0 Å². The fraction of sp³-hybridized carbons (Fsp3) is 0.933. The highest BCUT2D eigenvalue weighted by molar-refractivity contribution is 5.71. The number of halogens is 3. The quantitative estimate of drug-likeness (QED) is 0.438. The number of unbranched alkanes of at least 4 members (excludes halogenated alkanes) is 9. The molecule has 20 heavy (non-hydrogen) atoms. The zero-order valence-electron chi connectivity index (χ0n) is 12.1. The Morgan fingerprint density at radius 2 is 1.05 bits per heavy atom. The van der Waals surface area contributed by atoms with E-state index in [4.69, 9.17) is 5.11 Å². The predicted octanol–water partition coefficient (Wildman–Crippen LogP) is 5.36. The largest absolute Gasteiger partial charge is 0.479 e. The van der Waals surface area contributed by atoms with E-state index in [1.54, 1.807) is 0 Å². The molecule has 0 saturated heterocycles. The van der Waals surface area contributed by atoms with Crippen molar-refractivity contribution in [3.63, 3.8) is 0 Å². The standard InChI is InChI=1S/C15H27F3O2/c16-13(15(19)20)11-9-7-5-3-1-2-4-6-8-10-12-14(17)18/h13-14H,1-12H2,(H,19,20). The predicted molar refractivity (Wildman–Crippen MR) is 73.9 cm³/mol. The summed E-state index contributed by atoms with van der Waals surface area (Å²) in [6.07, 6.45) is 5.70. The minimum atomic E-state index is -2.17. The van der Waals surface area contributed by atoms with Crippen molar-refractivity contribution in [2.75, 3.05) is 0 Å². The minimum absolute atomic E-state index is 0.0198. The van der Waals surface area contributed by atoms with Gasteiger partial charge in [0.15, 0.2) is 6.17 Å². The van der Waals surface area contributed by atoms with E-state index in [0.717, 1.165) is 51.4 Å². The molecule has 0 amide bonds. The smallest absolute Gasteiger partial charge is 0.338 e. The average molecular weight is 296 g/mol. The van der Waals surface area contributed by atoms with Crippen molar-refractivity contribution < 1.29 is 23.1 Å². The molecule has 1 N–H and O–H groups in total. The van der Waals surface area contributed by atoms with E-state index < -0.39 is 18.6 Å². The van der Waals surface area contributed by atoms with Crippen LogP contribution in [0.1, 0.15) is 77.0 Å². The first-order valence-electron chi connectivity index (χ1n) is 7.69. The molecule has 0 saturated carbocycles. The third kappa shape index (κ3) is 13.7. The number of carboxylic acid groups (broad SMARTS) is 1. The number of carboxylic acids is 1. The zero-order valence-corrected chi connectivity index (χ0v) is 12.1. The second-order valence-electron chi connectivity index (χ2n) is 5.31. The Labute approximate surface area is 119 Å². The van der Waals surface area contributed by atoms with E-state index in [2.05, 4.69) is 0 Å². The van der Waals surface area contributed by atoms with Gasteiger partial charge in [-0.3, -0.25) is 0 Å². The highest BCUT2D eigenvalue weighted by Gasteiger charge is 2.13. The molecule has 5 heteroatoms. The first kappa shape index (κ1) is 19.3. The molecule has 0 bridgehead atoms. The molecule has 0 radical (unpaired) electrons. The summed E-state index contributed by atoms with van der Waals surface area (Å²) in [6, 6.07) is 0. The molecule has 0 aliphatic heterocycles. The van der Waals surface area contributed by atoms with Crippen molar-refractivity contribution in [1.29, 1.82) is 0 Å². The number of rotatable bonds is 14. The first-order valence-corrected chi connectivity index (χ1v) is 7.69. The summed E-state index contributed by atoms with van der Waals surface area (Å²) < 4.78 is 36.4. The molecule has 0 fully saturated rings. The van der Waals surface area contributed by atoms with Crippen LogP contribution in [0.15, 0.2) is 0 Å². The van der Waals surface area contributed by atoms with Crippen LogP contribution in [-0.2, 0) is 4.79 Å². The summed E-state index contributed by atoms with van der Waals surface area (Å²) in [6.45, 7) is 0. The van der Waals surface area contributed by atoms with Crippen molar-refractivity contribution in [2.24, 2.45) is 0 Å². The van der Waals surface area contributed by atoms with Gasteiger partial charge in [-0.15, -0.1) is 0 Å². The van der Waals surface area contributed by atoms with Gasteiger partial charge >= 0.3 is 5.97 Å². The van der Waals surface area contributed by atoms with Gasteiger partial charge in [0, 0.05) is 6.42 Å². The van der Waals surface area contributed by atoms with E-state index >= 15 is 0 Å². The summed E-state index contributed by atoms with van der Waals surface area (Å²) in [5.74, 6) is -1.36. The lowest BCUT2D eigenvalue weighted by molar-refractivity contribution is -0.143. The van der Waals surface area contributed by atoms with Crippen LogP contribution in [0.3, 0.4) is 0 Å². The molecule has 1 unspecified atom stereocenters. The second kappa shape index (κ2) is 13.3. The summed E-state index contributed by atoms with van der Waals surface area (Å²) in [5, 5.41) is 8.36. The van der Waals surface area contributed by atoms with Crippen LogP contribution in [-0.4, -0.2) is 23.7 Å². The molecule has 0 aliphatic carbocycles. The Balaban J connectivity index is 3.08. The fourth-order valence-corrected chi connectivity index (χ4v) is 2.16. The molecular formula is C15H27F3O2. The normalized spacial score (nSPS) is 12.8. The van der Waals surface area contributed by atoms with Gasteiger partial charge < -0.3 is 5.11 Å². The number of carbonyl (C=O) groups is 1. The number of aliphatic carboxylic acids is 1. The maximum atomic E-state index is 12.7. The fourth-order valence-electron chi connectivity index (χ4n) is 2.16. The highest BCUT2D eigenvalue weighted by atomic mass is 19.3. The van der Waals surface area contributed by atoms with Crippen molar-refractivity contribution in [3.05, 3.63) is 0 Å². The van der Waals surface area contributed by atoms with Gasteiger partial charge in [-0.25, -0.2) is 18.0 Å². The molecule has 120 valence electrons. The van der Waals surface area contributed by atoms with Gasteiger partial charge in [-0.2, -0.15) is 0 Å². The number of hydrogen-bond donors (Lipinski definition) is 1. The lowest BCUT2D eigenvalue weighted by atomic mass is 10.0. The minimum Gasteiger partial charge on any atom is -0.479 e. The summed E-state index contributed by atoms with van der Waals surface area (Å²) >= 11 is 0. The molecule has 1 atom stereocenters. The first-order chi connectivity index (χ1) is 9.54. The van der Waals surface area contributed by atoms with Crippen molar-refractivity contribution in [1.82, 2.24) is 0 Å². The Morgan fingerprint density at radius 1 is 0.700 bits per heavy atom. The molecule has 0 rings (SSSR count). The van der Waals surface area contributed by atoms with Crippen LogP contribution in [0, 0.1) is 0 Å². The summed E-state index contributed by atoms with van der Waals surface area (Å²) in [5.41, 5.74) is 0. The summed E-state index contributed by atoms with van der Waals surface area (Å²) in [4.78, 5) is 10.2. The molecule has 0 heterocycles. The summed E-state index contributed by atoms with van der Waals surface area (Å²) in [7, 11) is 0. The lowest BCUT2D eigenvalue weighted by Crippen LogP contribution is -2.13. The van der Waals surface area contributed by atoms with Crippen LogP contribution >= 0.6 is 0 Å². The van der Waals surface area contributed by atoms with Crippen molar-refractivity contribution in [3.8, 4) is 0 Å². The maximum absolute atomic E-state index is 12.7. The van der Waals surface area contributed by atoms with Gasteiger partial charge in [0.2, 0.25) is 6.43 Å². The monoisotopic (exact) mass is 296 g/mol. The van der Waals surface area contributed by atoms with Crippen LogP contribution in [0.4, 0.5) is 13.2 Å². The molecule has 0 aromatic carbocycles. The SMILES string of the molecule is O=C(O)C(F)CCCCCCCCCCCCC(F)F. The maximum Gasteiger partial charge on any atom is 0.338 e. The molecular weight excluding hydrogens is 269 g/mol. The van der Waals surface area contributed by atoms with Crippen LogP contribution in [0.5, 0.6) is 0 Å². The van der Waals surface area contributed by atoms with Gasteiger partial charge in [0.05, 0.1) is 0 Å². The van der Waals surface area contributed by atoms with Crippen LogP contribution in [0.25, 0.3) is 0 Å². The molecule has 0 aromatic rings. The van der Waals surface area contributed by atoms with Crippen LogP contribution in [0.2, 0.25) is 0 Å². The van der Waals surface area contributed by atoms with E-state index in [1.807, 2.05) is 0 Å². The zero-order chi connectivity index (χ0) is 15.2. The van der Waals surface area contributed by atoms with Crippen LogP contribution < -0.4 is 0 Å². The second-order valence-corrected chi connectivity index (χ2v) is 5.31. The third-order valence-corrected chi connectivity index (χ3v) is 3.40. The van der Waals surface area contributed by atoms with Gasteiger partial charge in [0.25, 0.3) is 0 Å². The average Bonchev–Trinajstić information content (AvgIpc) is 2.39. The molecule has 2 nitrogen and oxygen atoms in total. The number of alkyl halides is 3. The highest BCUT2D eigenvalue weighted by Crippen LogP contribution is 2.14. The lowest BCUT2D eigenvalue weighted by Gasteiger charge is -2.04. The number of hydrogen-bond acceptors (Lipinski definition) is 1. The topological polar surface area (TPSA) is 37.3 Å². The third-order valence-electron chi connectivity index (χ3n) is 3.40. The molecule has 0 aliphatic rings. The van der Waals surface area contributed by atoms with E-state index in [-0.39, 0.29) is 12.8 Å². The molecule has 0 aromatic heterocycles. The van der Waals surface area contributed by atoms with Gasteiger partial charge in [-0.05, 0) is 19.3 Å². The van der Waals surface area contributed by atoms with Gasteiger partial charge in [0.1, 0.15) is 0 Å². The van der Waals surface area contributed by atoms with E-state index in [1.165, 1.54) is 0 Å². The van der Waals surface area contributed by atoms with Crippen molar-refractivity contribution >= 4 is 5.97 Å². The Hall–Kier alpha value is -0.740. The Bertz CT molecular complexity index is 235. The van der Waals surface area contributed by atoms with Gasteiger partial charge in [-0.1, -0.05) is 51.4 Å². The molecule has 0 spiro atoms. The van der Waals surface area contributed by atoms with Crippen molar-refractivity contribution in [2.45, 2.75) is 89.6 Å². The Morgan fingerprint density at radius 3 is 1.40 bits per heavy atom.